The fraction of sp³-hybridized carbons (Fsp3) is 0.412. The smallest absolute Gasteiger partial charge is 0.257 e. The molecule has 3 rings (SSSR count). The molecule has 1 N–H and O–H groups in total. The molecule has 0 atom stereocenters. The zero-order valence-corrected chi connectivity index (χ0v) is 13.7. The minimum absolute atomic E-state index is 0.151. The van der Waals surface area contributed by atoms with Crippen molar-refractivity contribution in [2.45, 2.75) is 25.3 Å². The lowest BCUT2D eigenvalue weighted by Gasteiger charge is -2.32. The SMILES string of the molecule is COc1nccnc1NC1CCN(C(=O)Cc2cccnc2)CC1. The van der Waals surface area contributed by atoms with E-state index in [4.69, 9.17) is 4.74 Å². The quantitative estimate of drug-likeness (QED) is 0.897. The highest BCUT2D eigenvalue weighted by Gasteiger charge is 2.23. The number of methoxy groups -OCH3 is 1. The van der Waals surface area contributed by atoms with Crippen LogP contribution >= 0.6 is 0 Å². The second-order valence-electron chi connectivity index (χ2n) is 5.75. The van der Waals surface area contributed by atoms with Gasteiger partial charge in [0.2, 0.25) is 5.91 Å². The lowest BCUT2D eigenvalue weighted by atomic mass is 10.0. The summed E-state index contributed by atoms with van der Waals surface area (Å²) in [5.74, 6) is 1.30. The topological polar surface area (TPSA) is 80.2 Å². The third kappa shape index (κ3) is 3.98. The maximum absolute atomic E-state index is 12.4. The number of hydrogen-bond donors (Lipinski definition) is 1. The van der Waals surface area contributed by atoms with Gasteiger partial charge in [-0.05, 0) is 24.5 Å². The maximum atomic E-state index is 12.4. The van der Waals surface area contributed by atoms with Crippen LogP contribution in [0.25, 0.3) is 0 Å². The van der Waals surface area contributed by atoms with Crippen molar-refractivity contribution in [3.8, 4) is 5.88 Å². The van der Waals surface area contributed by atoms with Gasteiger partial charge in [-0.1, -0.05) is 6.07 Å². The molecule has 1 fully saturated rings. The summed E-state index contributed by atoms with van der Waals surface area (Å²) in [5.41, 5.74) is 0.951. The van der Waals surface area contributed by atoms with Crippen molar-refractivity contribution in [2.24, 2.45) is 0 Å². The minimum atomic E-state index is 0.151. The molecular formula is C17H21N5O2. The average Bonchev–Trinajstić information content (AvgIpc) is 2.63. The Balaban J connectivity index is 1.51. The highest BCUT2D eigenvalue weighted by atomic mass is 16.5. The summed E-state index contributed by atoms with van der Waals surface area (Å²) in [6.07, 6.45) is 8.85. The molecule has 1 saturated heterocycles. The van der Waals surface area contributed by atoms with E-state index >= 15 is 0 Å². The van der Waals surface area contributed by atoms with E-state index in [0.717, 1.165) is 31.5 Å². The van der Waals surface area contributed by atoms with E-state index < -0.39 is 0 Å². The Hall–Kier alpha value is -2.70. The standard InChI is InChI=1S/C17H21N5O2/c1-24-17-16(19-7-8-20-17)21-14-4-9-22(10-5-14)15(23)11-13-3-2-6-18-12-13/h2-3,6-8,12,14H,4-5,9-11H2,1H3,(H,19,21). The number of hydrogen-bond acceptors (Lipinski definition) is 6. The molecule has 0 saturated carbocycles. The minimum Gasteiger partial charge on any atom is -0.478 e. The van der Waals surface area contributed by atoms with Crippen LogP contribution in [0.5, 0.6) is 5.88 Å². The van der Waals surface area contributed by atoms with Gasteiger partial charge in [0.15, 0.2) is 5.82 Å². The largest absolute Gasteiger partial charge is 0.478 e. The van der Waals surface area contributed by atoms with Crippen LogP contribution < -0.4 is 10.1 Å². The van der Waals surface area contributed by atoms with E-state index in [-0.39, 0.29) is 11.9 Å². The first-order valence-corrected chi connectivity index (χ1v) is 8.04. The second-order valence-corrected chi connectivity index (χ2v) is 5.75. The first kappa shape index (κ1) is 16.2. The van der Waals surface area contributed by atoms with Crippen LogP contribution in [-0.2, 0) is 11.2 Å². The van der Waals surface area contributed by atoms with Gasteiger partial charge in [0.1, 0.15) is 0 Å². The Morgan fingerprint density at radius 2 is 2.08 bits per heavy atom. The van der Waals surface area contributed by atoms with Crippen molar-refractivity contribution >= 4 is 11.7 Å². The van der Waals surface area contributed by atoms with E-state index in [9.17, 15) is 4.79 Å². The Morgan fingerprint density at radius 1 is 1.29 bits per heavy atom. The predicted octanol–water partition coefficient (Wildman–Crippen LogP) is 1.53. The fourth-order valence-electron chi connectivity index (χ4n) is 2.83. The van der Waals surface area contributed by atoms with Crippen molar-refractivity contribution in [2.75, 3.05) is 25.5 Å². The molecule has 0 unspecified atom stereocenters. The van der Waals surface area contributed by atoms with Gasteiger partial charge in [0.25, 0.3) is 5.88 Å². The molecule has 0 spiro atoms. The van der Waals surface area contributed by atoms with E-state index in [1.165, 1.54) is 0 Å². The van der Waals surface area contributed by atoms with Crippen molar-refractivity contribution in [1.82, 2.24) is 19.9 Å². The highest BCUT2D eigenvalue weighted by Crippen LogP contribution is 2.21. The summed E-state index contributed by atoms with van der Waals surface area (Å²) < 4.78 is 5.21. The number of rotatable bonds is 5. The Kier molecular flexibility index (Phi) is 5.20. The van der Waals surface area contributed by atoms with Crippen LogP contribution in [-0.4, -0.2) is 52.0 Å². The van der Waals surface area contributed by atoms with E-state index in [1.54, 1.807) is 31.9 Å². The number of pyridine rings is 1. The molecule has 126 valence electrons. The molecule has 24 heavy (non-hydrogen) atoms. The number of nitrogens with one attached hydrogen (secondary N) is 1. The average molecular weight is 327 g/mol. The number of nitrogens with zero attached hydrogens (tertiary/aromatic N) is 4. The maximum Gasteiger partial charge on any atom is 0.257 e. The fourth-order valence-corrected chi connectivity index (χ4v) is 2.83. The molecule has 3 heterocycles. The lowest BCUT2D eigenvalue weighted by molar-refractivity contribution is -0.131. The molecule has 2 aromatic rings. The van der Waals surface area contributed by atoms with Crippen molar-refractivity contribution in [3.63, 3.8) is 0 Å². The van der Waals surface area contributed by atoms with Crippen LogP contribution in [0.2, 0.25) is 0 Å². The second kappa shape index (κ2) is 7.72. The van der Waals surface area contributed by atoms with Gasteiger partial charge < -0.3 is 15.0 Å². The first-order valence-electron chi connectivity index (χ1n) is 8.04. The zero-order chi connectivity index (χ0) is 16.8. The summed E-state index contributed by atoms with van der Waals surface area (Å²) in [5, 5.41) is 3.36. The summed E-state index contributed by atoms with van der Waals surface area (Å²) in [4.78, 5) is 26.7. The summed E-state index contributed by atoms with van der Waals surface area (Å²) in [7, 11) is 1.58. The van der Waals surface area contributed by atoms with Gasteiger partial charge in [-0.2, -0.15) is 0 Å². The van der Waals surface area contributed by atoms with Gasteiger partial charge in [-0.15, -0.1) is 0 Å². The molecule has 0 aliphatic carbocycles. The van der Waals surface area contributed by atoms with Crippen LogP contribution in [0.15, 0.2) is 36.9 Å². The summed E-state index contributed by atoms with van der Waals surface area (Å²) >= 11 is 0. The molecular weight excluding hydrogens is 306 g/mol. The van der Waals surface area contributed by atoms with E-state index in [0.29, 0.717) is 18.1 Å². The molecule has 1 amide bonds. The van der Waals surface area contributed by atoms with Gasteiger partial charge in [-0.25, -0.2) is 9.97 Å². The molecule has 0 radical (unpaired) electrons. The normalized spacial score (nSPS) is 15.1. The molecule has 2 aromatic heterocycles. The molecule has 7 heteroatoms. The van der Waals surface area contributed by atoms with Gasteiger partial charge in [-0.3, -0.25) is 9.78 Å². The number of carbonyl (C=O) groups is 1. The van der Waals surface area contributed by atoms with Gasteiger partial charge in [0.05, 0.1) is 13.5 Å². The third-order valence-corrected chi connectivity index (χ3v) is 4.12. The summed E-state index contributed by atoms with van der Waals surface area (Å²) in [6.45, 7) is 1.47. The molecule has 7 nitrogen and oxygen atoms in total. The van der Waals surface area contributed by atoms with Crippen LogP contribution in [0.1, 0.15) is 18.4 Å². The number of likely N-dealkylation sites (tertiary alicyclic amines) is 1. The first-order chi connectivity index (χ1) is 11.8. The monoisotopic (exact) mass is 327 g/mol. The molecule has 1 aliphatic heterocycles. The molecule has 1 aliphatic rings. The van der Waals surface area contributed by atoms with E-state index in [1.807, 2.05) is 17.0 Å². The number of anilines is 1. The van der Waals surface area contributed by atoms with Crippen molar-refractivity contribution in [1.29, 1.82) is 0 Å². The van der Waals surface area contributed by atoms with Crippen molar-refractivity contribution in [3.05, 3.63) is 42.5 Å². The number of aromatic nitrogens is 3. The summed E-state index contributed by atoms with van der Waals surface area (Å²) in [6, 6.07) is 4.05. The Bertz CT molecular complexity index is 672. The number of amides is 1. The third-order valence-electron chi connectivity index (χ3n) is 4.12. The Morgan fingerprint density at radius 3 is 2.79 bits per heavy atom. The predicted molar refractivity (Wildman–Crippen MR) is 89.7 cm³/mol. The molecule has 0 aromatic carbocycles. The Labute approximate surface area is 141 Å². The highest BCUT2D eigenvalue weighted by molar-refractivity contribution is 5.78. The van der Waals surface area contributed by atoms with Crippen LogP contribution in [0, 0.1) is 0 Å². The molecule has 0 bridgehead atoms. The number of carbonyl (C=O) groups excluding carboxylic acids is 1. The van der Waals surface area contributed by atoms with Crippen molar-refractivity contribution < 1.29 is 9.53 Å². The number of ether oxygens (including phenoxy) is 1. The number of piperidine rings is 1. The van der Waals surface area contributed by atoms with Gasteiger partial charge in [0, 0.05) is 43.9 Å². The van der Waals surface area contributed by atoms with Gasteiger partial charge >= 0.3 is 0 Å². The lowest BCUT2D eigenvalue weighted by Crippen LogP contribution is -2.43. The van der Waals surface area contributed by atoms with E-state index in [2.05, 4.69) is 20.3 Å². The zero-order valence-electron chi connectivity index (χ0n) is 13.7. The van der Waals surface area contributed by atoms with Crippen LogP contribution in [0.3, 0.4) is 0 Å². The van der Waals surface area contributed by atoms with Crippen LogP contribution in [0.4, 0.5) is 5.82 Å².